The lowest BCUT2D eigenvalue weighted by Gasteiger charge is -2.43. The van der Waals surface area contributed by atoms with E-state index < -0.39 is 0 Å². The van der Waals surface area contributed by atoms with Gasteiger partial charge in [0.05, 0.1) is 23.1 Å². The number of anilines is 2. The minimum Gasteiger partial charge on any atom is -0.397 e. The Balaban J connectivity index is 2.30. The van der Waals surface area contributed by atoms with Gasteiger partial charge in [0.1, 0.15) is 0 Å². The van der Waals surface area contributed by atoms with Crippen LogP contribution in [0.2, 0.25) is 0 Å². The van der Waals surface area contributed by atoms with Crippen LogP contribution >= 0.6 is 0 Å². The van der Waals surface area contributed by atoms with Crippen LogP contribution in [-0.4, -0.2) is 37.2 Å². The molecule has 1 atom stereocenters. The van der Waals surface area contributed by atoms with Gasteiger partial charge in [-0.25, -0.2) is 0 Å². The highest BCUT2D eigenvalue weighted by Crippen LogP contribution is 2.30. The van der Waals surface area contributed by atoms with Crippen LogP contribution in [0.1, 0.15) is 38.1 Å². The maximum Gasteiger partial charge on any atom is 0.251 e. The molecule has 1 amide bonds. The Morgan fingerprint density at radius 2 is 2.24 bits per heavy atom. The average molecular weight is 291 g/mol. The number of nitrogens with two attached hydrogens (primary N) is 1. The lowest BCUT2D eigenvalue weighted by atomic mass is 10.0. The second-order valence-electron chi connectivity index (χ2n) is 6.20. The number of amides is 1. The molecule has 1 aliphatic heterocycles. The van der Waals surface area contributed by atoms with Gasteiger partial charge in [0.2, 0.25) is 0 Å². The molecule has 1 aliphatic rings. The van der Waals surface area contributed by atoms with E-state index in [1.165, 1.54) is 0 Å². The van der Waals surface area contributed by atoms with Crippen LogP contribution in [0.15, 0.2) is 18.2 Å². The van der Waals surface area contributed by atoms with Crippen LogP contribution < -0.4 is 16.0 Å². The van der Waals surface area contributed by atoms with Crippen LogP contribution in [0.25, 0.3) is 0 Å². The molecule has 5 nitrogen and oxygen atoms in total. The molecule has 0 radical (unpaired) electrons. The van der Waals surface area contributed by atoms with Crippen molar-refractivity contribution in [3.05, 3.63) is 23.8 Å². The number of hydrogen-bond donors (Lipinski definition) is 2. The fraction of sp³-hybridized carbons (Fsp3) is 0.562. The topological polar surface area (TPSA) is 67.6 Å². The van der Waals surface area contributed by atoms with E-state index in [-0.39, 0.29) is 17.6 Å². The van der Waals surface area contributed by atoms with E-state index in [1.54, 1.807) is 12.1 Å². The van der Waals surface area contributed by atoms with E-state index in [2.05, 4.69) is 31.0 Å². The predicted molar refractivity (Wildman–Crippen MR) is 85.7 cm³/mol. The minimum atomic E-state index is -0.230. The van der Waals surface area contributed by atoms with E-state index >= 15 is 0 Å². The molecule has 21 heavy (non-hydrogen) atoms. The van der Waals surface area contributed by atoms with Crippen molar-refractivity contribution in [3.8, 4) is 0 Å². The molecular formula is C16H25N3O2. The Bertz CT molecular complexity index is 528. The molecule has 0 aliphatic carbocycles. The zero-order chi connectivity index (χ0) is 15.6. The summed E-state index contributed by atoms with van der Waals surface area (Å²) in [5, 5.41) is 2.81. The monoisotopic (exact) mass is 291 g/mol. The summed E-state index contributed by atoms with van der Waals surface area (Å²) in [5.74, 6) is -0.0701. The third-order valence-corrected chi connectivity index (χ3v) is 3.54. The second-order valence-corrected chi connectivity index (χ2v) is 6.20. The Morgan fingerprint density at radius 3 is 2.86 bits per heavy atom. The van der Waals surface area contributed by atoms with Gasteiger partial charge in [-0.1, -0.05) is 0 Å². The van der Waals surface area contributed by atoms with Crippen molar-refractivity contribution in [2.75, 3.05) is 30.3 Å². The fourth-order valence-corrected chi connectivity index (χ4v) is 2.86. The first-order chi connectivity index (χ1) is 9.82. The number of nitrogens with zero attached hydrogens (tertiary/aromatic N) is 1. The molecular weight excluding hydrogens is 266 g/mol. The first kappa shape index (κ1) is 15.6. The molecule has 2 rings (SSSR count). The Morgan fingerprint density at radius 1 is 1.52 bits per heavy atom. The van der Waals surface area contributed by atoms with Gasteiger partial charge in [0.15, 0.2) is 0 Å². The lowest BCUT2D eigenvalue weighted by Crippen LogP contribution is -2.52. The highest BCUT2D eigenvalue weighted by molar-refractivity contribution is 5.96. The van der Waals surface area contributed by atoms with Gasteiger partial charge in [-0.2, -0.15) is 0 Å². The largest absolute Gasteiger partial charge is 0.397 e. The van der Waals surface area contributed by atoms with Crippen molar-refractivity contribution < 1.29 is 9.53 Å². The molecule has 116 valence electrons. The van der Waals surface area contributed by atoms with Crippen molar-refractivity contribution in [2.24, 2.45) is 0 Å². The summed E-state index contributed by atoms with van der Waals surface area (Å²) >= 11 is 0. The van der Waals surface area contributed by atoms with Gasteiger partial charge >= 0.3 is 0 Å². The van der Waals surface area contributed by atoms with Crippen molar-refractivity contribution >= 4 is 17.3 Å². The molecule has 0 spiro atoms. The first-order valence-corrected chi connectivity index (χ1v) is 7.43. The smallest absolute Gasteiger partial charge is 0.251 e. The molecule has 5 heteroatoms. The van der Waals surface area contributed by atoms with Crippen LogP contribution in [-0.2, 0) is 4.74 Å². The zero-order valence-electron chi connectivity index (χ0n) is 13.3. The first-order valence-electron chi connectivity index (χ1n) is 7.43. The number of nitrogens with one attached hydrogen (secondary N) is 1. The molecule has 0 saturated carbocycles. The van der Waals surface area contributed by atoms with Crippen LogP contribution in [0.3, 0.4) is 0 Å². The number of morpholine rings is 1. The number of ether oxygens (including phenoxy) is 1. The van der Waals surface area contributed by atoms with E-state index in [4.69, 9.17) is 10.5 Å². The number of hydrogen-bond acceptors (Lipinski definition) is 4. The van der Waals surface area contributed by atoms with E-state index in [9.17, 15) is 4.79 Å². The molecule has 1 aromatic rings. The van der Waals surface area contributed by atoms with Gasteiger partial charge in [-0.05, 0) is 45.9 Å². The molecule has 0 aromatic heterocycles. The summed E-state index contributed by atoms with van der Waals surface area (Å²) in [6, 6.07) is 5.43. The fourth-order valence-electron chi connectivity index (χ4n) is 2.86. The van der Waals surface area contributed by atoms with Crippen LogP contribution in [0, 0.1) is 0 Å². The molecule has 1 unspecified atom stereocenters. The standard InChI is InChI=1S/C16H25N3O2/c1-5-18-15(20)12-6-7-13(17)14(8-12)19-9-11(2)21-16(3,4)10-19/h6-8,11H,5,9-10,17H2,1-4H3,(H,18,20). The number of carbonyl (C=O) groups excluding carboxylic acids is 1. The zero-order valence-corrected chi connectivity index (χ0v) is 13.3. The van der Waals surface area contributed by atoms with E-state index in [0.29, 0.717) is 17.8 Å². The van der Waals surface area contributed by atoms with E-state index in [0.717, 1.165) is 18.8 Å². The average Bonchev–Trinajstić information content (AvgIpc) is 2.37. The van der Waals surface area contributed by atoms with Gasteiger partial charge in [-0.15, -0.1) is 0 Å². The van der Waals surface area contributed by atoms with Crippen LogP contribution in [0.4, 0.5) is 11.4 Å². The van der Waals surface area contributed by atoms with Crippen molar-refractivity contribution in [1.29, 1.82) is 0 Å². The Hall–Kier alpha value is -1.75. The number of benzene rings is 1. The highest BCUT2D eigenvalue weighted by atomic mass is 16.5. The predicted octanol–water partition coefficient (Wildman–Crippen LogP) is 2.02. The van der Waals surface area contributed by atoms with Crippen LogP contribution in [0.5, 0.6) is 0 Å². The Kier molecular flexibility index (Phi) is 4.42. The number of nitrogen functional groups attached to an aromatic ring is 1. The molecule has 0 bridgehead atoms. The molecule has 3 N–H and O–H groups in total. The van der Waals surface area contributed by atoms with Gasteiger partial charge in [0, 0.05) is 25.2 Å². The summed E-state index contributed by atoms with van der Waals surface area (Å²) in [6.07, 6.45) is 0.126. The highest BCUT2D eigenvalue weighted by Gasteiger charge is 2.32. The molecule has 1 saturated heterocycles. The van der Waals surface area contributed by atoms with Gasteiger partial charge in [0.25, 0.3) is 5.91 Å². The third kappa shape index (κ3) is 3.67. The summed E-state index contributed by atoms with van der Waals surface area (Å²) < 4.78 is 5.92. The normalized spacial score (nSPS) is 21.1. The summed E-state index contributed by atoms with van der Waals surface area (Å²) in [4.78, 5) is 14.2. The van der Waals surface area contributed by atoms with Crippen molar-refractivity contribution in [3.63, 3.8) is 0 Å². The molecule has 1 aromatic carbocycles. The SMILES string of the molecule is CCNC(=O)c1ccc(N)c(N2CC(C)OC(C)(C)C2)c1. The third-order valence-electron chi connectivity index (χ3n) is 3.54. The van der Waals surface area contributed by atoms with Crippen molar-refractivity contribution in [1.82, 2.24) is 5.32 Å². The summed E-state index contributed by atoms with van der Waals surface area (Å²) in [5.41, 5.74) is 8.11. The second kappa shape index (κ2) is 5.93. The maximum absolute atomic E-state index is 12.0. The molecule has 1 heterocycles. The lowest BCUT2D eigenvalue weighted by molar-refractivity contribution is -0.0749. The number of rotatable bonds is 3. The summed E-state index contributed by atoms with van der Waals surface area (Å²) in [7, 11) is 0. The summed E-state index contributed by atoms with van der Waals surface area (Å²) in [6.45, 7) is 10.2. The van der Waals surface area contributed by atoms with Crippen molar-refractivity contribution in [2.45, 2.75) is 39.4 Å². The molecule has 1 fully saturated rings. The minimum absolute atomic E-state index is 0.0701. The maximum atomic E-state index is 12.0. The number of carbonyl (C=O) groups is 1. The van der Waals surface area contributed by atoms with Gasteiger partial charge in [-0.3, -0.25) is 4.79 Å². The Labute approximate surface area is 126 Å². The van der Waals surface area contributed by atoms with E-state index in [1.807, 2.05) is 13.0 Å². The quantitative estimate of drug-likeness (QED) is 0.836. The van der Waals surface area contributed by atoms with Gasteiger partial charge < -0.3 is 20.7 Å².